The Bertz CT molecular complexity index is 551. The lowest BCUT2D eigenvalue weighted by molar-refractivity contribution is -0.384. The summed E-state index contributed by atoms with van der Waals surface area (Å²) in [5.74, 6) is 1.34. The van der Waals surface area contributed by atoms with Crippen molar-refractivity contribution >= 4 is 11.4 Å². The first-order chi connectivity index (χ1) is 9.51. The second-order valence-electron chi connectivity index (χ2n) is 5.71. The van der Waals surface area contributed by atoms with Crippen LogP contribution in [0.5, 0.6) is 0 Å². The fraction of sp³-hybridized carbons (Fsp3) is 0.533. The van der Waals surface area contributed by atoms with E-state index in [9.17, 15) is 10.1 Å². The van der Waals surface area contributed by atoms with Gasteiger partial charge in [0, 0.05) is 12.1 Å². The Hall–Kier alpha value is -2.09. The number of rotatable bonds is 3. The Morgan fingerprint density at radius 2 is 2.10 bits per heavy atom. The van der Waals surface area contributed by atoms with Gasteiger partial charge in [-0.1, -0.05) is 13.8 Å². The van der Waals surface area contributed by atoms with Gasteiger partial charge in [-0.05, 0) is 43.2 Å². The van der Waals surface area contributed by atoms with Crippen molar-refractivity contribution in [1.82, 2.24) is 0 Å². The molecule has 1 aromatic rings. The Balaban J connectivity index is 2.17. The van der Waals surface area contributed by atoms with Crippen molar-refractivity contribution in [3.05, 3.63) is 33.9 Å². The molecule has 1 aliphatic rings. The summed E-state index contributed by atoms with van der Waals surface area (Å²) in [6.07, 6.45) is 3.20. The van der Waals surface area contributed by atoms with Crippen molar-refractivity contribution in [2.24, 2.45) is 11.8 Å². The molecule has 2 rings (SSSR count). The second kappa shape index (κ2) is 5.91. The molecule has 106 valence electrons. The number of benzene rings is 1. The van der Waals surface area contributed by atoms with Crippen LogP contribution < -0.4 is 5.32 Å². The third-order valence-electron chi connectivity index (χ3n) is 4.28. The number of nitrogens with one attached hydrogen (secondary N) is 1. The van der Waals surface area contributed by atoms with Gasteiger partial charge < -0.3 is 5.32 Å². The number of hydrogen-bond donors (Lipinski definition) is 1. The van der Waals surface area contributed by atoms with Gasteiger partial charge >= 0.3 is 0 Å². The lowest BCUT2D eigenvalue weighted by Gasteiger charge is -2.33. The maximum absolute atomic E-state index is 11.1. The molecule has 1 aromatic carbocycles. The third-order valence-corrected chi connectivity index (χ3v) is 4.28. The van der Waals surface area contributed by atoms with Gasteiger partial charge in [0.1, 0.15) is 5.69 Å². The number of nitro groups is 1. The zero-order chi connectivity index (χ0) is 14.7. The van der Waals surface area contributed by atoms with Crippen molar-refractivity contribution in [2.75, 3.05) is 5.32 Å². The second-order valence-corrected chi connectivity index (χ2v) is 5.71. The summed E-state index contributed by atoms with van der Waals surface area (Å²) in [4.78, 5) is 10.7. The van der Waals surface area contributed by atoms with Crippen LogP contribution in [-0.4, -0.2) is 11.0 Å². The molecule has 0 bridgehead atoms. The van der Waals surface area contributed by atoms with Crippen LogP contribution in [0.3, 0.4) is 0 Å². The number of nitriles is 1. The summed E-state index contributed by atoms with van der Waals surface area (Å²) in [6.45, 7) is 4.48. The highest BCUT2D eigenvalue weighted by atomic mass is 16.6. The normalized spacial score (nSPS) is 25.8. The smallest absolute Gasteiger partial charge is 0.293 e. The van der Waals surface area contributed by atoms with E-state index >= 15 is 0 Å². The van der Waals surface area contributed by atoms with Gasteiger partial charge in [0.2, 0.25) is 0 Å². The van der Waals surface area contributed by atoms with Crippen molar-refractivity contribution in [3.8, 4) is 6.07 Å². The average molecular weight is 273 g/mol. The van der Waals surface area contributed by atoms with E-state index in [-0.39, 0.29) is 11.7 Å². The number of hydrogen-bond acceptors (Lipinski definition) is 4. The summed E-state index contributed by atoms with van der Waals surface area (Å²) >= 11 is 0. The van der Waals surface area contributed by atoms with Crippen LogP contribution in [0.15, 0.2) is 18.2 Å². The molecular formula is C15H19N3O2. The first kappa shape index (κ1) is 14.3. The van der Waals surface area contributed by atoms with Crippen LogP contribution in [0.2, 0.25) is 0 Å². The topological polar surface area (TPSA) is 79.0 Å². The van der Waals surface area contributed by atoms with Crippen molar-refractivity contribution in [2.45, 2.75) is 39.2 Å². The van der Waals surface area contributed by atoms with Gasteiger partial charge in [0.25, 0.3) is 5.69 Å². The van der Waals surface area contributed by atoms with E-state index in [4.69, 9.17) is 5.26 Å². The van der Waals surface area contributed by atoms with Crippen LogP contribution in [0.4, 0.5) is 11.4 Å². The molecule has 0 saturated heterocycles. The highest BCUT2D eigenvalue weighted by Gasteiger charge is 2.26. The lowest BCUT2D eigenvalue weighted by Crippen LogP contribution is -2.30. The van der Waals surface area contributed by atoms with Crippen LogP contribution in [0.25, 0.3) is 0 Å². The Labute approximate surface area is 118 Å². The minimum Gasteiger partial charge on any atom is -0.377 e. The summed E-state index contributed by atoms with van der Waals surface area (Å²) in [5, 5.41) is 23.2. The van der Waals surface area contributed by atoms with Crippen LogP contribution in [0, 0.1) is 33.3 Å². The Morgan fingerprint density at radius 3 is 2.70 bits per heavy atom. The quantitative estimate of drug-likeness (QED) is 0.672. The lowest BCUT2D eigenvalue weighted by atomic mass is 9.79. The van der Waals surface area contributed by atoms with Crippen LogP contribution >= 0.6 is 0 Å². The minimum absolute atomic E-state index is 0.0182. The van der Waals surface area contributed by atoms with E-state index in [1.165, 1.54) is 6.07 Å². The first-order valence-electron chi connectivity index (χ1n) is 6.96. The molecule has 1 aliphatic carbocycles. The molecule has 3 unspecified atom stereocenters. The maximum Gasteiger partial charge on any atom is 0.293 e. The molecule has 0 radical (unpaired) electrons. The molecule has 5 heteroatoms. The van der Waals surface area contributed by atoms with Crippen LogP contribution in [0.1, 0.15) is 38.7 Å². The van der Waals surface area contributed by atoms with E-state index in [1.807, 2.05) is 6.07 Å². The molecule has 0 aromatic heterocycles. The van der Waals surface area contributed by atoms with Crippen molar-refractivity contribution in [3.63, 3.8) is 0 Å². The highest BCUT2D eigenvalue weighted by Crippen LogP contribution is 2.33. The standard InChI is InChI=1S/C15H19N3O2/c1-10-3-5-13(7-11(10)2)17-14-6-4-12(9-16)8-15(14)18(19)20/h4,6,8,10-11,13,17H,3,5,7H2,1-2H3. The Morgan fingerprint density at radius 1 is 1.35 bits per heavy atom. The predicted octanol–water partition coefficient (Wildman–Crippen LogP) is 3.70. The molecular weight excluding hydrogens is 254 g/mol. The largest absolute Gasteiger partial charge is 0.377 e. The monoisotopic (exact) mass is 273 g/mol. The minimum atomic E-state index is -0.432. The van der Waals surface area contributed by atoms with Gasteiger partial charge in [-0.3, -0.25) is 10.1 Å². The van der Waals surface area contributed by atoms with Gasteiger partial charge in [0.05, 0.1) is 16.6 Å². The summed E-state index contributed by atoms with van der Waals surface area (Å²) < 4.78 is 0. The number of nitrogens with zero attached hydrogens (tertiary/aromatic N) is 2. The molecule has 1 N–H and O–H groups in total. The molecule has 0 spiro atoms. The zero-order valence-corrected chi connectivity index (χ0v) is 11.8. The molecule has 1 saturated carbocycles. The van der Waals surface area contributed by atoms with E-state index in [2.05, 4.69) is 19.2 Å². The average Bonchev–Trinajstić information content (AvgIpc) is 2.43. The summed E-state index contributed by atoms with van der Waals surface area (Å²) in [7, 11) is 0. The summed E-state index contributed by atoms with van der Waals surface area (Å²) in [5.41, 5.74) is 0.809. The van der Waals surface area contributed by atoms with E-state index in [1.54, 1.807) is 12.1 Å². The number of nitro benzene ring substituents is 1. The molecule has 5 nitrogen and oxygen atoms in total. The molecule has 20 heavy (non-hydrogen) atoms. The number of anilines is 1. The van der Waals surface area contributed by atoms with Gasteiger partial charge in [-0.2, -0.15) is 5.26 Å². The van der Waals surface area contributed by atoms with E-state index in [0.717, 1.165) is 19.3 Å². The molecule has 0 aliphatic heterocycles. The first-order valence-corrected chi connectivity index (χ1v) is 6.96. The fourth-order valence-electron chi connectivity index (χ4n) is 2.77. The molecule has 0 amide bonds. The van der Waals surface area contributed by atoms with Gasteiger partial charge in [-0.15, -0.1) is 0 Å². The van der Waals surface area contributed by atoms with E-state index in [0.29, 0.717) is 23.1 Å². The molecule has 0 heterocycles. The maximum atomic E-state index is 11.1. The molecule has 3 atom stereocenters. The third kappa shape index (κ3) is 3.08. The van der Waals surface area contributed by atoms with Crippen LogP contribution in [-0.2, 0) is 0 Å². The van der Waals surface area contributed by atoms with Crippen molar-refractivity contribution < 1.29 is 4.92 Å². The predicted molar refractivity (Wildman–Crippen MR) is 77.4 cm³/mol. The summed E-state index contributed by atoms with van der Waals surface area (Å²) in [6, 6.07) is 6.79. The highest BCUT2D eigenvalue weighted by molar-refractivity contribution is 5.64. The fourth-order valence-corrected chi connectivity index (χ4v) is 2.77. The van der Waals surface area contributed by atoms with Gasteiger partial charge in [0.15, 0.2) is 0 Å². The Kier molecular flexibility index (Phi) is 4.23. The van der Waals surface area contributed by atoms with E-state index < -0.39 is 4.92 Å². The molecule has 1 fully saturated rings. The zero-order valence-electron chi connectivity index (χ0n) is 11.8. The SMILES string of the molecule is CC1CCC(Nc2ccc(C#N)cc2[N+](=O)[O-])CC1C. The van der Waals surface area contributed by atoms with Gasteiger partial charge in [-0.25, -0.2) is 0 Å². The van der Waals surface area contributed by atoms with Crippen molar-refractivity contribution in [1.29, 1.82) is 5.26 Å².